The Bertz CT molecular complexity index is 825. The highest BCUT2D eigenvalue weighted by molar-refractivity contribution is 9.10. The summed E-state index contributed by atoms with van der Waals surface area (Å²) in [5.41, 5.74) is 0.907. The Morgan fingerprint density at radius 2 is 2.04 bits per heavy atom. The van der Waals surface area contributed by atoms with Crippen molar-refractivity contribution >= 4 is 32.6 Å². The first-order chi connectivity index (χ1) is 11.1. The lowest BCUT2D eigenvalue weighted by Crippen LogP contribution is -2.29. The molecule has 0 bridgehead atoms. The molecular weight excluding hydrogens is 358 g/mol. The van der Waals surface area contributed by atoms with Gasteiger partial charge in [-0.1, -0.05) is 30.3 Å². The van der Waals surface area contributed by atoms with Crippen LogP contribution in [0.5, 0.6) is 5.75 Å². The topological polar surface area (TPSA) is 56.2 Å². The molecule has 5 nitrogen and oxygen atoms in total. The van der Waals surface area contributed by atoms with E-state index in [-0.39, 0.29) is 12.5 Å². The second-order valence-electron chi connectivity index (χ2n) is 5.14. The second kappa shape index (κ2) is 6.83. The van der Waals surface area contributed by atoms with Gasteiger partial charge in [0.05, 0.1) is 22.9 Å². The average molecular weight is 374 g/mol. The van der Waals surface area contributed by atoms with Crippen LogP contribution in [0.2, 0.25) is 0 Å². The fourth-order valence-electron chi connectivity index (χ4n) is 2.27. The number of carbonyl (C=O) groups is 1. The lowest BCUT2D eigenvalue weighted by atomic mass is 10.1. The molecule has 0 saturated heterocycles. The van der Waals surface area contributed by atoms with Gasteiger partial charge in [0, 0.05) is 7.05 Å². The zero-order valence-corrected chi connectivity index (χ0v) is 14.2. The van der Waals surface area contributed by atoms with Crippen LogP contribution in [0.1, 0.15) is 5.69 Å². The van der Waals surface area contributed by atoms with Gasteiger partial charge in [0.25, 0.3) is 5.91 Å². The number of carbonyl (C=O) groups excluding carboxylic acids is 1. The molecule has 0 aliphatic rings. The molecule has 1 N–H and O–H groups in total. The van der Waals surface area contributed by atoms with E-state index in [0.29, 0.717) is 12.3 Å². The SMILES string of the molecule is Cn1ncc(Br)c1CNC(=O)COc1ccc2ccccc2c1. The summed E-state index contributed by atoms with van der Waals surface area (Å²) in [5.74, 6) is 0.506. The highest BCUT2D eigenvalue weighted by Crippen LogP contribution is 2.20. The van der Waals surface area contributed by atoms with Crippen molar-refractivity contribution in [1.29, 1.82) is 0 Å². The summed E-state index contributed by atoms with van der Waals surface area (Å²) < 4.78 is 8.15. The molecule has 0 atom stereocenters. The molecule has 0 saturated carbocycles. The molecular formula is C17H16BrN3O2. The predicted molar refractivity (Wildman–Crippen MR) is 92.2 cm³/mol. The molecule has 0 fully saturated rings. The quantitative estimate of drug-likeness (QED) is 0.747. The number of aromatic nitrogens is 2. The number of nitrogens with one attached hydrogen (secondary N) is 1. The lowest BCUT2D eigenvalue weighted by molar-refractivity contribution is -0.123. The van der Waals surface area contributed by atoms with Gasteiger partial charge < -0.3 is 10.1 Å². The maximum atomic E-state index is 11.9. The molecule has 0 spiro atoms. The van der Waals surface area contributed by atoms with Crippen LogP contribution in [0.4, 0.5) is 0 Å². The molecule has 0 unspecified atom stereocenters. The lowest BCUT2D eigenvalue weighted by Gasteiger charge is -2.09. The van der Waals surface area contributed by atoms with Crippen molar-refractivity contribution in [3.05, 3.63) is 58.8 Å². The van der Waals surface area contributed by atoms with Crippen molar-refractivity contribution in [2.75, 3.05) is 6.61 Å². The van der Waals surface area contributed by atoms with Gasteiger partial charge in [-0.15, -0.1) is 0 Å². The fraction of sp³-hybridized carbons (Fsp3) is 0.176. The van der Waals surface area contributed by atoms with E-state index in [0.717, 1.165) is 20.9 Å². The van der Waals surface area contributed by atoms with Gasteiger partial charge in [0.15, 0.2) is 6.61 Å². The van der Waals surface area contributed by atoms with E-state index < -0.39 is 0 Å². The maximum absolute atomic E-state index is 11.9. The van der Waals surface area contributed by atoms with E-state index in [1.807, 2.05) is 49.5 Å². The number of hydrogen-bond donors (Lipinski definition) is 1. The van der Waals surface area contributed by atoms with E-state index in [1.54, 1.807) is 10.9 Å². The fourth-order valence-corrected chi connectivity index (χ4v) is 2.76. The van der Waals surface area contributed by atoms with Crippen molar-refractivity contribution in [2.45, 2.75) is 6.54 Å². The molecule has 1 amide bonds. The van der Waals surface area contributed by atoms with Gasteiger partial charge in [-0.05, 0) is 38.8 Å². The molecule has 3 rings (SSSR count). The van der Waals surface area contributed by atoms with Crippen molar-refractivity contribution in [1.82, 2.24) is 15.1 Å². The van der Waals surface area contributed by atoms with Crippen LogP contribution in [-0.4, -0.2) is 22.3 Å². The van der Waals surface area contributed by atoms with Gasteiger partial charge >= 0.3 is 0 Å². The molecule has 1 aromatic heterocycles. The van der Waals surface area contributed by atoms with Gasteiger partial charge in [0.2, 0.25) is 0 Å². The third-order valence-electron chi connectivity index (χ3n) is 3.55. The molecule has 0 aliphatic heterocycles. The van der Waals surface area contributed by atoms with Crippen LogP contribution >= 0.6 is 15.9 Å². The first-order valence-electron chi connectivity index (χ1n) is 7.18. The zero-order chi connectivity index (χ0) is 16.2. The molecule has 3 aromatic rings. The Morgan fingerprint density at radius 3 is 2.78 bits per heavy atom. The van der Waals surface area contributed by atoms with Crippen LogP contribution in [0.25, 0.3) is 10.8 Å². The normalized spacial score (nSPS) is 10.7. The number of rotatable bonds is 5. The van der Waals surface area contributed by atoms with Gasteiger partial charge in [-0.25, -0.2) is 0 Å². The van der Waals surface area contributed by atoms with Crippen molar-refractivity contribution in [3.63, 3.8) is 0 Å². The molecule has 2 aromatic carbocycles. The van der Waals surface area contributed by atoms with Crippen molar-refractivity contribution < 1.29 is 9.53 Å². The number of aryl methyl sites for hydroxylation is 1. The Morgan fingerprint density at radius 1 is 1.26 bits per heavy atom. The first kappa shape index (κ1) is 15.6. The van der Waals surface area contributed by atoms with Gasteiger partial charge in [-0.3, -0.25) is 9.48 Å². The van der Waals surface area contributed by atoms with E-state index in [2.05, 4.69) is 26.3 Å². The minimum atomic E-state index is -0.175. The van der Waals surface area contributed by atoms with E-state index >= 15 is 0 Å². The van der Waals surface area contributed by atoms with Crippen LogP contribution in [0.15, 0.2) is 53.1 Å². The smallest absolute Gasteiger partial charge is 0.258 e. The Kier molecular flexibility index (Phi) is 4.62. The molecule has 1 heterocycles. The van der Waals surface area contributed by atoms with Crippen molar-refractivity contribution in [3.8, 4) is 5.75 Å². The van der Waals surface area contributed by atoms with Gasteiger partial charge in [0.1, 0.15) is 5.75 Å². The Balaban J connectivity index is 1.55. The van der Waals surface area contributed by atoms with E-state index in [1.165, 1.54) is 0 Å². The maximum Gasteiger partial charge on any atom is 0.258 e. The number of halogens is 1. The van der Waals surface area contributed by atoms with E-state index in [4.69, 9.17) is 4.74 Å². The van der Waals surface area contributed by atoms with Crippen LogP contribution in [0, 0.1) is 0 Å². The molecule has 23 heavy (non-hydrogen) atoms. The summed E-state index contributed by atoms with van der Waals surface area (Å²) in [7, 11) is 1.83. The number of fused-ring (bicyclic) bond motifs is 1. The van der Waals surface area contributed by atoms with Crippen LogP contribution < -0.4 is 10.1 Å². The minimum absolute atomic E-state index is 0.0200. The molecule has 118 valence electrons. The summed E-state index contributed by atoms with van der Waals surface area (Å²) >= 11 is 3.40. The number of amides is 1. The highest BCUT2D eigenvalue weighted by atomic mass is 79.9. The minimum Gasteiger partial charge on any atom is -0.484 e. The Labute approximate surface area is 142 Å². The third kappa shape index (κ3) is 3.71. The number of hydrogen-bond acceptors (Lipinski definition) is 3. The third-order valence-corrected chi connectivity index (χ3v) is 4.22. The summed E-state index contributed by atoms with van der Waals surface area (Å²) in [6.45, 7) is 0.380. The molecule has 6 heteroatoms. The predicted octanol–water partition coefficient (Wildman–Crippen LogP) is 3.03. The summed E-state index contributed by atoms with van der Waals surface area (Å²) in [4.78, 5) is 11.9. The summed E-state index contributed by atoms with van der Waals surface area (Å²) in [6, 6.07) is 13.8. The monoisotopic (exact) mass is 373 g/mol. The summed E-state index contributed by atoms with van der Waals surface area (Å²) in [6.07, 6.45) is 1.70. The molecule has 0 radical (unpaired) electrons. The summed E-state index contributed by atoms with van der Waals surface area (Å²) in [5, 5.41) is 9.15. The average Bonchev–Trinajstić information content (AvgIpc) is 2.89. The number of ether oxygens (including phenoxy) is 1. The second-order valence-corrected chi connectivity index (χ2v) is 5.99. The Hall–Kier alpha value is -2.34. The van der Waals surface area contributed by atoms with Crippen LogP contribution in [0.3, 0.4) is 0 Å². The van der Waals surface area contributed by atoms with Crippen molar-refractivity contribution in [2.24, 2.45) is 7.05 Å². The largest absolute Gasteiger partial charge is 0.484 e. The number of nitrogens with zero attached hydrogens (tertiary/aromatic N) is 2. The molecule has 0 aliphatic carbocycles. The highest BCUT2D eigenvalue weighted by Gasteiger charge is 2.08. The van der Waals surface area contributed by atoms with Crippen LogP contribution in [-0.2, 0) is 18.4 Å². The van der Waals surface area contributed by atoms with E-state index in [9.17, 15) is 4.79 Å². The number of benzene rings is 2. The zero-order valence-electron chi connectivity index (χ0n) is 12.6. The first-order valence-corrected chi connectivity index (χ1v) is 7.97. The standard InChI is InChI=1S/C17H16BrN3O2/c1-21-16(15(18)9-20-21)10-19-17(22)11-23-14-7-6-12-4-2-3-5-13(12)8-14/h2-9H,10-11H2,1H3,(H,19,22). The van der Waals surface area contributed by atoms with Gasteiger partial charge in [-0.2, -0.15) is 5.10 Å².